The van der Waals surface area contributed by atoms with Crippen LogP contribution in [0.2, 0.25) is 0 Å². The zero-order valence-corrected chi connectivity index (χ0v) is 22.6. The second-order valence-electron chi connectivity index (χ2n) is 11.5. The highest BCUT2D eigenvalue weighted by Gasteiger charge is 2.66. The van der Waals surface area contributed by atoms with Crippen LogP contribution in [-0.4, -0.2) is 70.0 Å². The number of aromatic hydroxyl groups is 1. The molecule has 0 spiro atoms. The summed E-state index contributed by atoms with van der Waals surface area (Å²) in [5, 5.41) is 25.2. The summed E-state index contributed by atoms with van der Waals surface area (Å²) in [6, 6.07) is 10.1. The first-order chi connectivity index (χ1) is 18.9. The summed E-state index contributed by atoms with van der Waals surface area (Å²) in [6.45, 7) is 1.82. The maximum Gasteiger partial charge on any atom is 0.228 e. The van der Waals surface area contributed by atoms with Crippen molar-refractivity contribution in [1.29, 1.82) is 0 Å². The molecule has 10 nitrogen and oxygen atoms in total. The first-order valence-corrected chi connectivity index (χ1v) is 13.4. The molecule has 0 saturated heterocycles. The molecule has 3 aliphatic rings. The van der Waals surface area contributed by atoms with Gasteiger partial charge in [-0.2, -0.15) is 0 Å². The van der Waals surface area contributed by atoms with Crippen molar-refractivity contribution in [1.82, 2.24) is 10.2 Å². The first-order valence-electron chi connectivity index (χ1n) is 13.4. The van der Waals surface area contributed by atoms with Gasteiger partial charge in [-0.05, 0) is 67.6 Å². The molecule has 3 aliphatic carbocycles. The summed E-state index contributed by atoms with van der Waals surface area (Å²) in [4.78, 5) is 66.3. The number of fused-ring (bicyclic) bond motifs is 3. The lowest BCUT2D eigenvalue weighted by atomic mass is 9.52. The Labute approximate surface area is 231 Å². The van der Waals surface area contributed by atoms with Gasteiger partial charge in [0.05, 0.1) is 11.5 Å². The van der Waals surface area contributed by atoms with E-state index in [2.05, 4.69) is 5.32 Å². The Bertz CT molecular complexity index is 1430. The largest absolute Gasteiger partial charge is 0.507 e. The van der Waals surface area contributed by atoms with Gasteiger partial charge in [-0.25, -0.2) is 0 Å². The minimum Gasteiger partial charge on any atom is -0.507 e. The molecular weight excluding hydrogens is 514 g/mol. The fourth-order valence-corrected chi connectivity index (χ4v) is 6.97. The van der Waals surface area contributed by atoms with Crippen molar-refractivity contribution in [2.24, 2.45) is 29.4 Å². The van der Waals surface area contributed by atoms with Gasteiger partial charge in [0, 0.05) is 25.4 Å². The summed E-state index contributed by atoms with van der Waals surface area (Å²) in [5.74, 6) is -7.81. The van der Waals surface area contributed by atoms with Crippen LogP contribution >= 0.6 is 0 Å². The molecule has 2 aromatic carbocycles. The van der Waals surface area contributed by atoms with Crippen molar-refractivity contribution in [2.75, 3.05) is 14.1 Å². The number of Topliss-reactive ketones (excluding diaryl/α,β-unsaturated/α-hetero) is 3. The highest BCUT2D eigenvalue weighted by molar-refractivity contribution is 6.25. The molecular formula is C30H33N3O7. The lowest BCUT2D eigenvalue weighted by molar-refractivity contribution is -0.179. The van der Waals surface area contributed by atoms with Gasteiger partial charge in [-0.15, -0.1) is 0 Å². The van der Waals surface area contributed by atoms with Gasteiger partial charge in [0.25, 0.3) is 0 Å². The predicted molar refractivity (Wildman–Crippen MR) is 144 cm³/mol. The Morgan fingerprint density at radius 2 is 1.73 bits per heavy atom. The molecule has 6 atom stereocenters. The van der Waals surface area contributed by atoms with Crippen molar-refractivity contribution >= 4 is 29.2 Å². The molecule has 5 rings (SSSR count). The summed E-state index contributed by atoms with van der Waals surface area (Å²) < 4.78 is 0. The summed E-state index contributed by atoms with van der Waals surface area (Å²) >= 11 is 0. The molecule has 0 bridgehead atoms. The Morgan fingerprint density at radius 3 is 2.33 bits per heavy atom. The normalized spacial score (nSPS) is 29.4. The van der Waals surface area contributed by atoms with Gasteiger partial charge in [0.1, 0.15) is 11.7 Å². The lowest BCUT2D eigenvalue weighted by Crippen LogP contribution is -2.71. The number of rotatable bonds is 5. The maximum absolute atomic E-state index is 13.9. The number of amides is 2. The van der Waals surface area contributed by atoms with Crippen LogP contribution in [0.4, 0.5) is 0 Å². The SMILES string of the molecule is CC(=O)NCc1ccc(-c2ccc(O)c3c2C[C@@H]2C[C@@H]4[C@@H](N(C)C)CC(C(N)=O)C(=O)[C@]4(O)C(=O)C2C3=O)cc1. The van der Waals surface area contributed by atoms with E-state index in [1.54, 1.807) is 25.1 Å². The molecule has 2 amide bonds. The zero-order valence-electron chi connectivity index (χ0n) is 22.6. The molecule has 0 aliphatic heterocycles. The average Bonchev–Trinajstić information content (AvgIpc) is 2.89. The van der Waals surface area contributed by atoms with Crippen LogP contribution < -0.4 is 11.1 Å². The van der Waals surface area contributed by atoms with Crippen molar-refractivity contribution < 1.29 is 34.2 Å². The number of ketones is 3. The molecule has 2 fully saturated rings. The highest BCUT2D eigenvalue weighted by atomic mass is 16.3. The fraction of sp³-hybridized carbons (Fsp3) is 0.433. The fourth-order valence-electron chi connectivity index (χ4n) is 6.97. The van der Waals surface area contributed by atoms with E-state index in [1.807, 2.05) is 24.3 Å². The van der Waals surface area contributed by atoms with Crippen molar-refractivity contribution in [3.8, 4) is 16.9 Å². The molecule has 5 N–H and O–H groups in total. The number of phenols is 1. The second kappa shape index (κ2) is 9.94. The number of carbonyl (C=O) groups is 5. The number of benzene rings is 2. The van der Waals surface area contributed by atoms with E-state index in [1.165, 1.54) is 13.0 Å². The third-order valence-electron chi connectivity index (χ3n) is 8.96. The number of hydrogen-bond donors (Lipinski definition) is 4. The average molecular weight is 548 g/mol. The van der Waals surface area contributed by atoms with Crippen LogP contribution in [0.3, 0.4) is 0 Å². The molecule has 210 valence electrons. The summed E-state index contributed by atoms with van der Waals surface area (Å²) in [5.41, 5.74) is 6.01. The number of carbonyl (C=O) groups excluding carboxylic acids is 5. The number of nitrogens with zero attached hydrogens (tertiary/aromatic N) is 1. The third kappa shape index (κ3) is 4.22. The first kappa shape index (κ1) is 27.7. The molecule has 40 heavy (non-hydrogen) atoms. The van der Waals surface area contributed by atoms with Crippen molar-refractivity contribution in [2.45, 2.75) is 44.4 Å². The van der Waals surface area contributed by atoms with E-state index >= 15 is 0 Å². The van der Waals surface area contributed by atoms with Crippen LogP contribution in [0, 0.1) is 23.7 Å². The monoisotopic (exact) mass is 547 g/mol. The Balaban J connectivity index is 1.56. The summed E-state index contributed by atoms with van der Waals surface area (Å²) in [7, 11) is 3.51. The number of hydrogen-bond acceptors (Lipinski definition) is 8. The van der Waals surface area contributed by atoms with Crippen LogP contribution in [0.25, 0.3) is 11.1 Å². The summed E-state index contributed by atoms with van der Waals surface area (Å²) in [6.07, 6.45) is 0.581. The van der Waals surface area contributed by atoms with Crippen molar-refractivity contribution in [3.05, 3.63) is 53.1 Å². The smallest absolute Gasteiger partial charge is 0.228 e. The molecule has 0 aromatic heterocycles. The number of nitrogens with two attached hydrogens (primary N) is 1. The molecule has 2 saturated carbocycles. The molecule has 0 radical (unpaired) electrons. The molecule has 2 unspecified atom stereocenters. The van der Waals surface area contributed by atoms with Gasteiger partial charge in [-0.1, -0.05) is 30.3 Å². The van der Waals surface area contributed by atoms with Gasteiger partial charge in [0.2, 0.25) is 11.8 Å². The molecule has 10 heteroatoms. The number of primary amides is 1. The van der Waals surface area contributed by atoms with Crippen LogP contribution in [0.5, 0.6) is 5.75 Å². The quantitative estimate of drug-likeness (QED) is 0.402. The van der Waals surface area contributed by atoms with Crippen LogP contribution in [0.1, 0.15) is 41.3 Å². The minimum atomic E-state index is -2.52. The van der Waals surface area contributed by atoms with E-state index in [0.717, 1.165) is 16.7 Å². The van der Waals surface area contributed by atoms with E-state index in [0.29, 0.717) is 12.1 Å². The topological polar surface area (TPSA) is 167 Å². The molecule has 2 aromatic rings. The number of phenolic OH excluding ortho intramolecular Hbond substituents is 1. The van der Waals surface area contributed by atoms with Gasteiger partial charge in [-0.3, -0.25) is 24.0 Å². The highest BCUT2D eigenvalue weighted by Crippen LogP contribution is 2.52. The Hall–Kier alpha value is -3.89. The zero-order chi connectivity index (χ0) is 29.1. The van der Waals surface area contributed by atoms with Gasteiger partial charge in [0.15, 0.2) is 23.0 Å². The van der Waals surface area contributed by atoms with E-state index < -0.39 is 58.6 Å². The van der Waals surface area contributed by atoms with Crippen LogP contribution in [-0.2, 0) is 32.1 Å². The van der Waals surface area contributed by atoms with E-state index in [9.17, 15) is 34.2 Å². The predicted octanol–water partition coefficient (Wildman–Crippen LogP) is 0.991. The van der Waals surface area contributed by atoms with Crippen molar-refractivity contribution in [3.63, 3.8) is 0 Å². The minimum absolute atomic E-state index is 0.00958. The Kier molecular flexibility index (Phi) is 6.87. The number of aliphatic hydroxyl groups is 1. The van der Waals surface area contributed by atoms with Gasteiger partial charge < -0.3 is 26.2 Å². The second-order valence-corrected chi connectivity index (χ2v) is 11.5. The van der Waals surface area contributed by atoms with Gasteiger partial charge >= 0.3 is 0 Å². The van der Waals surface area contributed by atoms with E-state index in [-0.39, 0.29) is 36.5 Å². The van der Waals surface area contributed by atoms with Crippen LogP contribution in [0.15, 0.2) is 36.4 Å². The number of nitrogens with one attached hydrogen (secondary N) is 1. The maximum atomic E-state index is 13.9. The standard InChI is InChI=1S/C30H33N3O7/c1-14(34)32-13-15-4-6-16(7-5-15)18-8-9-23(35)25-19(18)10-17-11-21-22(33(2)3)12-20(29(31)39)27(37)30(21,40)28(38)24(17)26(25)36/h4-9,17,20-22,24,35,40H,10-13H2,1-3H3,(H2,31,39)(H,32,34)/t17-,20?,21-,22+,24?,30+/m1/s1. The molecule has 0 heterocycles. The third-order valence-corrected chi connectivity index (χ3v) is 8.96. The Morgan fingerprint density at radius 1 is 1.05 bits per heavy atom. The lowest BCUT2D eigenvalue weighted by Gasteiger charge is -2.53. The van der Waals surface area contributed by atoms with E-state index in [4.69, 9.17) is 5.73 Å².